The van der Waals surface area contributed by atoms with Gasteiger partial charge >= 0.3 is 0 Å². The van der Waals surface area contributed by atoms with Crippen molar-refractivity contribution < 1.29 is 19.1 Å². The lowest BCUT2D eigenvalue weighted by atomic mass is 10.1. The lowest BCUT2D eigenvalue weighted by Crippen LogP contribution is -2.52. The molecule has 0 saturated carbocycles. The number of hydrogen-bond donors (Lipinski definition) is 0. The number of rotatable bonds is 5. The highest BCUT2D eigenvalue weighted by atomic mass is 79.9. The van der Waals surface area contributed by atoms with Gasteiger partial charge in [-0.25, -0.2) is 0 Å². The van der Waals surface area contributed by atoms with Gasteiger partial charge in [-0.05, 0) is 49.3 Å². The Balaban J connectivity index is 2.48. The van der Waals surface area contributed by atoms with E-state index >= 15 is 0 Å². The Kier molecular flexibility index (Phi) is 6.41. The number of likely N-dealkylation sites (N-methyl/N-ethyl adjacent to an activating group) is 2. The predicted octanol–water partition coefficient (Wildman–Crippen LogP) is 3.23. The molecule has 1 aliphatic rings. The van der Waals surface area contributed by atoms with Gasteiger partial charge in [0, 0.05) is 18.6 Å². The number of carbonyl (C=O) groups is 2. The van der Waals surface area contributed by atoms with Crippen LogP contribution in [0.4, 0.5) is 0 Å². The van der Waals surface area contributed by atoms with Gasteiger partial charge in [-0.2, -0.15) is 0 Å². The second-order valence-electron chi connectivity index (χ2n) is 5.93. The van der Waals surface area contributed by atoms with Crippen LogP contribution in [0, 0.1) is 0 Å². The number of amides is 2. The van der Waals surface area contributed by atoms with Crippen molar-refractivity contribution in [1.29, 1.82) is 0 Å². The minimum Gasteiger partial charge on any atom is -0.493 e. The number of thiocarbonyl (C=S) groups is 1. The standard InChI is InChI=1S/C18H21BrN2O4S/c1-6-10(2)25-15-9-13(19)11(8-14(15)24-5)7-12-16(22)20(3)18(26)21(4)17(12)23/h7-10H,6H2,1-5H3/t10-/m0/s1. The third-order valence-corrected chi connectivity index (χ3v) is 5.36. The van der Waals surface area contributed by atoms with Crippen LogP contribution in [0.1, 0.15) is 25.8 Å². The van der Waals surface area contributed by atoms with Crippen molar-refractivity contribution in [2.75, 3.05) is 21.2 Å². The molecule has 0 aliphatic carbocycles. The van der Waals surface area contributed by atoms with Crippen molar-refractivity contribution in [3.05, 3.63) is 27.7 Å². The molecule has 2 rings (SSSR count). The van der Waals surface area contributed by atoms with E-state index in [9.17, 15) is 9.59 Å². The van der Waals surface area contributed by atoms with Crippen molar-refractivity contribution in [3.63, 3.8) is 0 Å². The van der Waals surface area contributed by atoms with E-state index in [4.69, 9.17) is 21.7 Å². The summed E-state index contributed by atoms with van der Waals surface area (Å²) in [6.45, 7) is 4.00. The van der Waals surface area contributed by atoms with E-state index in [0.717, 1.165) is 6.42 Å². The van der Waals surface area contributed by atoms with E-state index in [1.807, 2.05) is 13.8 Å². The number of methoxy groups -OCH3 is 1. The summed E-state index contributed by atoms with van der Waals surface area (Å²) >= 11 is 8.57. The maximum Gasteiger partial charge on any atom is 0.265 e. The molecule has 0 spiro atoms. The summed E-state index contributed by atoms with van der Waals surface area (Å²) in [4.78, 5) is 27.5. The Hall–Kier alpha value is -1.93. The lowest BCUT2D eigenvalue weighted by molar-refractivity contribution is -0.132. The van der Waals surface area contributed by atoms with Crippen LogP contribution in [-0.4, -0.2) is 54.0 Å². The first-order valence-electron chi connectivity index (χ1n) is 8.07. The number of hydrogen-bond acceptors (Lipinski definition) is 5. The van der Waals surface area contributed by atoms with Gasteiger partial charge in [-0.15, -0.1) is 0 Å². The number of nitrogens with zero attached hydrogens (tertiary/aromatic N) is 2. The van der Waals surface area contributed by atoms with Gasteiger partial charge in [-0.1, -0.05) is 22.9 Å². The van der Waals surface area contributed by atoms with Crippen LogP contribution in [-0.2, 0) is 9.59 Å². The maximum atomic E-state index is 12.5. The smallest absolute Gasteiger partial charge is 0.265 e. The molecule has 1 aromatic carbocycles. The minimum atomic E-state index is -0.441. The van der Waals surface area contributed by atoms with Gasteiger partial charge in [0.25, 0.3) is 11.8 Å². The van der Waals surface area contributed by atoms with Crippen molar-refractivity contribution in [3.8, 4) is 11.5 Å². The largest absolute Gasteiger partial charge is 0.493 e. The average molecular weight is 441 g/mol. The normalized spacial score (nSPS) is 16.1. The molecule has 6 nitrogen and oxygen atoms in total. The highest BCUT2D eigenvalue weighted by Gasteiger charge is 2.35. The number of benzene rings is 1. The van der Waals surface area contributed by atoms with Crippen LogP contribution in [0.2, 0.25) is 0 Å². The maximum absolute atomic E-state index is 12.5. The van der Waals surface area contributed by atoms with Gasteiger partial charge in [0.1, 0.15) is 5.57 Å². The van der Waals surface area contributed by atoms with E-state index in [1.54, 1.807) is 33.3 Å². The molecule has 0 bridgehead atoms. The topological polar surface area (TPSA) is 59.1 Å². The summed E-state index contributed by atoms with van der Waals surface area (Å²) < 4.78 is 11.9. The van der Waals surface area contributed by atoms with E-state index in [-0.39, 0.29) is 16.8 Å². The van der Waals surface area contributed by atoms with Gasteiger partial charge in [-0.3, -0.25) is 19.4 Å². The molecule has 1 heterocycles. The molecule has 1 aromatic rings. The van der Waals surface area contributed by atoms with Crippen molar-refractivity contribution >= 4 is 51.2 Å². The monoisotopic (exact) mass is 440 g/mol. The molecule has 1 atom stereocenters. The van der Waals surface area contributed by atoms with E-state index in [0.29, 0.717) is 21.5 Å². The first-order chi connectivity index (χ1) is 12.2. The highest BCUT2D eigenvalue weighted by molar-refractivity contribution is 9.10. The second kappa shape index (κ2) is 8.18. The second-order valence-corrected chi connectivity index (χ2v) is 7.15. The average Bonchev–Trinajstić information content (AvgIpc) is 2.63. The van der Waals surface area contributed by atoms with Crippen LogP contribution in [0.5, 0.6) is 11.5 Å². The fourth-order valence-corrected chi connectivity index (χ4v) is 2.95. The summed E-state index contributed by atoms with van der Waals surface area (Å²) in [6, 6.07) is 3.50. The van der Waals surface area contributed by atoms with Gasteiger partial charge in [0.2, 0.25) is 0 Å². The van der Waals surface area contributed by atoms with Gasteiger partial charge in [0.15, 0.2) is 16.6 Å². The SMILES string of the molecule is CC[C@H](C)Oc1cc(Br)c(C=C2C(=O)N(C)C(=S)N(C)C2=O)cc1OC. The van der Waals surface area contributed by atoms with E-state index in [1.165, 1.54) is 15.9 Å². The molecule has 8 heteroatoms. The number of ether oxygens (including phenoxy) is 2. The fourth-order valence-electron chi connectivity index (χ4n) is 2.34. The fraction of sp³-hybridized carbons (Fsp3) is 0.389. The quantitative estimate of drug-likeness (QED) is 0.399. The Morgan fingerprint density at radius 3 is 2.27 bits per heavy atom. The molecule has 0 unspecified atom stereocenters. The summed E-state index contributed by atoms with van der Waals surface area (Å²) in [6.07, 6.45) is 2.41. The minimum absolute atomic E-state index is 0.0296. The third kappa shape index (κ3) is 3.91. The molecule has 2 amide bonds. The first-order valence-corrected chi connectivity index (χ1v) is 9.27. The van der Waals surface area contributed by atoms with Crippen molar-refractivity contribution in [2.45, 2.75) is 26.4 Å². The number of carbonyl (C=O) groups excluding carboxylic acids is 2. The zero-order chi connectivity index (χ0) is 19.6. The Morgan fingerprint density at radius 1 is 1.19 bits per heavy atom. The molecule has 0 N–H and O–H groups in total. The van der Waals surface area contributed by atoms with Crippen molar-refractivity contribution in [2.24, 2.45) is 0 Å². The highest BCUT2D eigenvalue weighted by Crippen LogP contribution is 2.36. The Labute approximate surface area is 166 Å². The molecule has 1 aliphatic heterocycles. The molecule has 1 fully saturated rings. The zero-order valence-corrected chi connectivity index (χ0v) is 17.7. The molecular formula is C18H21BrN2O4S. The van der Waals surface area contributed by atoms with E-state index in [2.05, 4.69) is 15.9 Å². The van der Waals surface area contributed by atoms with Gasteiger partial charge in [0.05, 0.1) is 13.2 Å². The molecule has 26 heavy (non-hydrogen) atoms. The Morgan fingerprint density at radius 2 is 1.77 bits per heavy atom. The summed E-state index contributed by atoms with van der Waals surface area (Å²) in [5.41, 5.74) is 0.659. The van der Waals surface area contributed by atoms with Gasteiger partial charge < -0.3 is 9.47 Å². The molecular weight excluding hydrogens is 420 g/mol. The Bertz CT molecular complexity index is 768. The summed E-state index contributed by atoms with van der Waals surface area (Å²) in [5, 5.41) is 0.172. The lowest BCUT2D eigenvalue weighted by Gasteiger charge is -2.31. The first kappa shape index (κ1) is 20.4. The molecule has 0 radical (unpaired) electrons. The van der Waals surface area contributed by atoms with Crippen LogP contribution in [0.25, 0.3) is 6.08 Å². The molecule has 1 saturated heterocycles. The zero-order valence-electron chi connectivity index (χ0n) is 15.3. The van der Waals surface area contributed by atoms with Crippen LogP contribution >= 0.6 is 28.1 Å². The van der Waals surface area contributed by atoms with Crippen molar-refractivity contribution in [1.82, 2.24) is 9.80 Å². The third-order valence-electron chi connectivity index (χ3n) is 4.13. The predicted molar refractivity (Wildman–Crippen MR) is 107 cm³/mol. The van der Waals surface area contributed by atoms with Crippen LogP contribution in [0.3, 0.4) is 0 Å². The molecule has 0 aromatic heterocycles. The summed E-state index contributed by atoms with van der Waals surface area (Å²) in [5.74, 6) is 0.230. The summed E-state index contributed by atoms with van der Waals surface area (Å²) in [7, 11) is 4.63. The number of halogens is 1. The molecule has 140 valence electrons. The van der Waals surface area contributed by atoms with Crippen LogP contribution in [0.15, 0.2) is 22.2 Å². The van der Waals surface area contributed by atoms with E-state index < -0.39 is 11.8 Å². The van der Waals surface area contributed by atoms with Crippen LogP contribution < -0.4 is 9.47 Å².